The van der Waals surface area contributed by atoms with E-state index in [1.165, 1.54) is 36.2 Å². The fourth-order valence-corrected chi connectivity index (χ4v) is 5.24. The molecule has 1 atom stereocenters. The van der Waals surface area contributed by atoms with Crippen molar-refractivity contribution in [3.63, 3.8) is 0 Å². The molecular weight excluding hydrogens is 522 g/mol. The molecule has 0 unspecified atom stereocenters. The number of hydrogen-bond acceptors (Lipinski definition) is 4. The summed E-state index contributed by atoms with van der Waals surface area (Å²) in [6.45, 7) is 2.27. The summed E-state index contributed by atoms with van der Waals surface area (Å²) in [5.41, 5.74) is 1.74. The van der Waals surface area contributed by atoms with Crippen LogP contribution < -0.4 is 5.32 Å². The highest BCUT2D eigenvalue weighted by Crippen LogP contribution is 2.19. The third kappa shape index (κ3) is 8.15. The molecule has 3 rings (SSSR count). The Morgan fingerprint density at radius 1 is 0.895 bits per heavy atom. The summed E-state index contributed by atoms with van der Waals surface area (Å²) in [6.07, 6.45) is 2.03. The first-order valence-electron chi connectivity index (χ1n) is 12.6. The zero-order chi connectivity index (χ0) is 27.5. The second-order valence-corrected chi connectivity index (χ2v) is 11.6. The molecule has 0 spiro atoms. The van der Waals surface area contributed by atoms with Crippen molar-refractivity contribution in [3.8, 4) is 0 Å². The van der Waals surface area contributed by atoms with Crippen molar-refractivity contribution in [2.24, 2.45) is 0 Å². The maximum absolute atomic E-state index is 13.8. The van der Waals surface area contributed by atoms with Crippen LogP contribution in [0.5, 0.6) is 0 Å². The van der Waals surface area contributed by atoms with E-state index in [1.54, 1.807) is 0 Å². The van der Waals surface area contributed by atoms with Gasteiger partial charge in [0, 0.05) is 31.6 Å². The highest BCUT2D eigenvalue weighted by molar-refractivity contribution is 7.89. The molecule has 0 fully saturated rings. The van der Waals surface area contributed by atoms with Crippen LogP contribution in [0.4, 0.5) is 0 Å². The molecule has 38 heavy (non-hydrogen) atoms. The van der Waals surface area contributed by atoms with Gasteiger partial charge < -0.3 is 10.2 Å². The van der Waals surface area contributed by atoms with Crippen molar-refractivity contribution in [2.75, 3.05) is 20.1 Å². The lowest BCUT2D eigenvalue weighted by molar-refractivity contribution is -0.141. The number of carbonyl (C=O) groups is 2. The number of benzene rings is 3. The number of halogens is 1. The van der Waals surface area contributed by atoms with E-state index >= 15 is 0 Å². The predicted molar refractivity (Wildman–Crippen MR) is 150 cm³/mol. The third-order valence-electron chi connectivity index (χ3n) is 6.18. The minimum atomic E-state index is -3.95. The molecule has 0 heterocycles. The van der Waals surface area contributed by atoms with Gasteiger partial charge in [-0.15, -0.1) is 0 Å². The number of unbranched alkanes of at least 4 members (excludes halogenated alkanes) is 1. The fourth-order valence-electron chi connectivity index (χ4n) is 3.99. The van der Waals surface area contributed by atoms with Gasteiger partial charge in [0.25, 0.3) is 0 Å². The van der Waals surface area contributed by atoms with E-state index in [9.17, 15) is 18.0 Å². The van der Waals surface area contributed by atoms with Crippen LogP contribution in [0.25, 0.3) is 0 Å². The molecule has 0 aliphatic rings. The summed E-state index contributed by atoms with van der Waals surface area (Å²) < 4.78 is 27.3. The Labute approximate surface area is 230 Å². The lowest BCUT2D eigenvalue weighted by Gasteiger charge is -2.32. The summed E-state index contributed by atoms with van der Waals surface area (Å²) in [6, 6.07) is 23.8. The van der Waals surface area contributed by atoms with Crippen molar-refractivity contribution in [1.82, 2.24) is 14.5 Å². The molecule has 3 aromatic carbocycles. The maximum Gasteiger partial charge on any atom is 0.243 e. The normalized spacial score (nSPS) is 12.2. The van der Waals surface area contributed by atoms with Gasteiger partial charge in [-0.1, -0.05) is 85.6 Å². The van der Waals surface area contributed by atoms with Gasteiger partial charge >= 0.3 is 0 Å². The molecule has 0 aliphatic heterocycles. The van der Waals surface area contributed by atoms with Crippen LogP contribution in [0.2, 0.25) is 5.02 Å². The zero-order valence-electron chi connectivity index (χ0n) is 21.7. The second kappa shape index (κ2) is 14.1. The molecule has 2 amide bonds. The Hall–Kier alpha value is -3.20. The van der Waals surface area contributed by atoms with Crippen molar-refractivity contribution >= 4 is 33.4 Å². The van der Waals surface area contributed by atoms with Crippen LogP contribution in [0.3, 0.4) is 0 Å². The first-order chi connectivity index (χ1) is 18.2. The van der Waals surface area contributed by atoms with Gasteiger partial charge in [0.15, 0.2) is 0 Å². The maximum atomic E-state index is 13.8. The van der Waals surface area contributed by atoms with E-state index in [1.807, 2.05) is 67.6 Å². The van der Waals surface area contributed by atoms with Gasteiger partial charge in [0.05, 0.1) is 11.4 Å². The van der Waals surface area contributed by atoms with Gasteiger partial charge in [-0.3, -0.25) is 9.59 Å². The van der Waals surface area contributed by atoms with Gasteiger partial charge in [-0.2, -0.15) is 4.31 Å². The van der Waals surface area contributed by atoms with Gasteiger partial charge in [0.2, 0.25) is 21.8 Å². The zero-order valence-corrected chi connectivity index (χ0v) is 23.3. The number of rotatable bonds is 13. The molecule has 0 aliphatic carbocycles. The van der Waals surface area contributed by atoms with Crippen LogP contribution >= 0.6 is 11.6 Å². The number of sulfonamides is 1. The summed E-state index contributed by atoms with van der Waals surface area (Å²) in [7, 11) is -2.60. The third-order valence-corrected chi connectivity index (χ3v) is 8.25. The largest absolute Gasteiger partial charge is 0.354 e. The smallest absolute Gasteiger partial charge is 0.243 e. The molecular formula is C29H34ClN3O4S. The van der Waals surface area contributed by atoms with Crippen LogP contribution in [-0.4, -0.2) is 55.6 Å². The summed E-state index contributed by atoms with van der Waals surface area (Å²) >= 11 is 5.91. The topological polar surface area (TPSA) is 86.8 Å². The number of nitrogens with zero attached hydrogens (tertiary/aromatic N) is 2. The highest BCUT2D eigenvalue weighted by atomic mass is 35.5. The van der Waals surface area contributed by atoms with Crippen molar-refractivity contribution in [1.29, 1.82) is 0 Å². The van der Waals surface area contributed by atoms with Crippen LogP contribution in [0.1, 0.15) is 30.9 Å². The Morgan fingerprint density at radius 2 is 1.47 bits per heavy atom. The van der Waals surface area contributed by atoms with E-state index in [4.69, 9.17) is 11.6 Å². The van der Waals surface area contributed by atoms with Gasteiger partial charge in [0.1, 0.15) is 6.04 Å². The molecule has 0 saturated carbocycles. The first kappa shape index (κ1) is 29.4. The SMILES string of the molecule is CCCCNC(=O)[C@H](Cc1ccccc1)N(Cc1ccccc1)C(=O)CN(C)S(=O)(=O)c1ccc(Cl)cc1. The predicted octanol–water partition coefficient (Wildman–Crippen LogP) is 4.52. The van der Waals surface area contributed by atoms with E-state index in [0.29, 0.717) is 18.0 Å². The lowest BCUT2D eigenvalue weighted by atomic mass is 10.0. The summed E-state index contributed by atoms with van der Waals surface area (Å²) in [5, 5.41) is 3.37. The Morgan fingerprint density at radius 3 is 2.05 bits per heavy atom. The van der Waals surface area contributed by atoms with Crippen LogP contribution in [0.15, 0.2) is 89.8 Å². The minimum Gasteiger partial charge on any atom is -0.354 e. The Balaban J connectivity index is 1.92. The average Bonchev–Trinajstić information content (AvgIpc) is 2.92. The molecule has 0 aromatic heterocycles. The van der Waals surface area contributed by atoms with Crippen molar-refractivity contribution in [3.05, 3.63) is 101 Å². The summed E-state index contributed by atoms with van der Waals surface area (Å²) in [4.78, 5) is 28.7. The monoisotopic (exact) mass is 555 g/mol. The first-order valence-corrected chi connectivity index (χ1v) is 14.4. The highest BCUT2D eigenvalue weighted by Gasteiger charge is 2.32. The molecule has 1 N–H and O–H groups in total. The number of hydrogen-bond donors (Lipinski definition) is 1. The van der Waals surface area contributed by atoms with E-state index in [0.717, 1.165) is 28.3 Å². The number of nitrogens with one attached hydrogen (secondary N) is 1. The number of amides is 2. The molecule has 0 saturated heterocycles. The Kier molecular flexibility index (Phi) is 10.9. The van der Waals surface area contributed by atoms with Crippen molar-refractivity contribution in [2.45, 2.75) is 43.7 Å². The van der Waals surface area contributed by atoms with E-state index in [2.05, 4.69) is 5.32 Å². The minimum absolute atomic E-state index is 0.0324. The molecule has 0 bridgehead atoms. The molecule has 9 heteroatoms. The van der Waals surface area contributed by atoms with Crippen LogP contribution in [-0.2, 0) is 32.6 Å². The average molecular weight is 556 g/mol. The molecule has 0 radical (unpaired) electrons. The van der Waals surface area contributed by atoms with E-state index in [-0.39, 0.29) is 17.3 Å². The van der Waals surface area contributed by atoms with Gasteiger partial charge in [-0.05, 0) is 41.8 Å². The quantitative estimate of drug-likeness (QED) is 0.314. The second-order valence-electron chi connectivity index (χ2n) is 9.07. The standard InChI is InChI=1S/C29H34ClN3O4S/c1-3-4-19-31-29(35)27(20-23-11-7-5-8-12-23)33(21-24-13-9-6-10-14-24)28(34)22-32(2)38(36,37)26-17-15-25(30)16-18-26/h5-18,27H,3-4,19-22H2,1-2H3,(H,31,35)/t27-/m0/s1. The Bertz CT molecular complexity index is 1290. The molecule has 7 nitrogen and oxygen atoms in total. The number of carbonyl (C=O) groups excluding carboxylic acids is 2. The number of likely N-dealkylation sites (N-methyl/N-ethyl adjacent to an activating group) is 1. The van der Waals surface area contributed by atoms with Crippen LogP contribution in [0, 0.1) is 0 Å². The lowest BCUT2D eigenvalue weighted by Crippen LogP contribution is -2.53. The van der Waals surface area contributed by atoms with Crippen molar-refractivity contribution < 1.29 is 18.0 Å². The fraction of sp³-hybridized carbons (Fsp3) is 0.310. The van der Waals surface area contributed by atoms with Gasteiger partial charge in [-0.25, -0.2) is 8.42 Å². The molecule has 202 valence electrons. The summed E-state index contributed by atoms with van der Waals surface area (Å²) in [5.74, 6) is -0.741. The molecule has 3 aromatic rings. The van der Waals surface area contributed by atoms with E-state index < -0.39 is 28.5 Å².